The van der Waals surface area contributed by atoms with E-state index >= 15 is 0 Å². The van der Waals surface area contributed by atoms with Crippen LogP contribution < -0.4 is 0 Å². The van der Waals surface area contributed by atoms with E-state index in [1.165, 1.54) is 5.57 Å². The number of hydrogen-bond acceptors (Lipinski definition) is 0. The van der Waals surface area contributed by atoms with Crippen molar-refractivity contribution in [2.45, 2.75) is 20.3 Å². The molecule has 0 aromatic rings. The Hall–Kier alpha value is -1.04. The molecule has 0 spiro atoms. The molecular weight excluding hydrogens is 144 g/mol. The molecule has 0 fully saturated rings. The van der Waals surface area contributed by atoms with Gasteiger partial charge < -0.3 is 0 Å². The molecule has 0 bridgehead atoms. The monoisotopic (exact) mass is 162 g/mol. The van der Waals surface area contributed by atoms with Crippen LogP contribution in [0.1, 0.15) is 20.3 Å². The fourth-order valence-electron chi connectivity index (χ4n) is 1.03. The zero-order valence-electron chi connectivity index (χ0n) is 8.09. The summed E-state index contributed by atoms with van der Waals surface area (Å²) >= 11 is 0. The Kier molecular flexibility index (Phi) is 6.08. The molecule has 0 amide bonds. The molecule has 0 aliphatic heterocycles. The molecule has 0 aromatic heterocycles. The van der Waals surface area contributed by atoms with Gasteiger partial charge in [-0.2, -0.15) is 0 Å². The average Bonchev–Trinajstić information content (AvgIpc) is 2.12. The van der Waals surface area contributed by atoms with Crippen LogP contribution >= 0.6 is 0 Å². The first-order valence-electron chi connectivity index (χ1n) is 4.31. The maximum atomic E-state index is 3.76. The van der Waals surface area contributed by atoms with E-state index in [4.69, 9.17) is 0 Å². The van der Waals surface area contributed by atoms with Gasteiger partial charge in [0.1, 0.15) is 0 Å². The molecule has 0 N–H and O–H groups in total. The molecule has 0 saturated heterocycles. The Bertz CT molecular complexity index is 186. The van der Waals surface area contributed by atoms with E-state index in [9.17, 15) is 0 Å². The quantitative estimate of drug-likeness (QED) is 0.425. The first-order valence-corrected chi connectivity index (χ1v) is 4.31. The SMILES string of the molecule is C=CC(C=C)CC(/C=C/C)=C\C. The van der Waals surface area contributed by atoms with Crippen LogP contribution in [0.5, 0.6) is 0 Å². The van der Waals surface area contributed by atoms with Crippen molar-refractivity contribution in [3.8, 4) is 0 Å². The third kappa shape index (κ3) is 3.97. The maximum absolute atomic E-state index is 3.76. The minimum Gasteiger partial charge on any atom is -0.102 e. The number of allylic oxidation sites excluding steroid dienone is 6. The Morgan fingerprint density at radius 2 is 1.83 bits per heavy atom. The second-order valence-electron chi connectivity index (χ2n) is 2.70. The minimum atomic E-state index is 0.396. The van der Waals surface area contributed by atoms with Crippen LogP contribution in [0.15, 0.2) is 49.1 Å². The van der Waals surface area contributed by atoms with Crippen LogP contribution in [0.2, 0.25) is 0 Å². The van der Waals surface area contributed by atoms with E-state index in [2.05, 4.69) is 38.3 Å². The zero-order valence-corrected chi connectivity index (χ0v) is 8.09. The molecule has 12 heavy (non-hydrogen) atoms. The second-order valence-corrected chi connectivity index (χ2v) is 2.70. The molecule has 0 radical (unpaired) electrons. The van der Waals surface area contributed by atoms with Crippen LogP contribution in [0, 0.1) is 5.92 Å². The Morgan fingerprint density at radius 1 is 1.25 bits per heavy atom. The molecule has 0 heterocycles. The summed E-state index contributed by atoms with van der Waals surface area (Å²) in [6.07, 6.45) is 11.2. The van der Waals surface area contributed by atoms with E-state index in [1.54, 1.807) is 0 Å². The third-order valence-electron chi connectivity index (χ3n) is 1.83. The molecule has 0 atom stereocenters. The van der Waals surface area contributed by atoms with Gasteiger partial charge in [0.15, 0.2) is 0 Å². The standard InChI is InChI=1S/C12H18/c1-5-9-12(8-4)10-11(6-2)7-3/h5-9,11H,2-3,10H2,1,4H3/b9-5+,12-8-. The highest BCUT2D eigenvalue weighted by Gasteiger charge is 1.99. The molecule has 0 aliphatic rings. The lowest BCUT2D eigenvalue weighted by Gasteiger charge is -2.06. The summed E-state index contributed by atoms with van der Waals surface area (Å²) in [6, 6.07) is 0. The van der Waals surface area contributed by atoms with Gasteiger partial charge in [0.25, 0.3) is 0 Å². The van der Waals surface area contributed by atoms with Gasteiger partial charge in [-0.15, -0.1) is 13.2 Å². The fraction of sp³-hybridized carbons (Fsp3) is 0.333. The van der Waals surface area contributed by atoms with E-state index in [0.29, 0.717) is 5.92 Å². The van der Waals surface area contributed by atoms with Gasteiger partial charge in [-0.25, -0.2) is 0 Å². The summed E-state index contributed by atoms with van der Waals surface area (Å²) < 4.78 is 0. The van der Waals surface area contributed by atoms with Crippen LogP contribution in [0.25, 0.3) is 0 Å². The highest BCUT2D eigenvalue weighted by atomic mass is 14.0. The summed E-state index contributed by atoms with van der Waals surface area (Å²) in [4.78, 5) is 0. The van der Waals surface area contributed by atoms with Crippen molar-refractivity contribution < 1.29 is 0 Å². The Labute approximate surface area is 76.0 Å². The summed E-state index contributed by atoms with van der Waals surface area (Å²) in [7, 11) is 0. The van der Waals surface area contributed by atoms with Crippen molar-refractivity contribution in [3.63, 3.8) is 0 Å². The predicted molar refractivity (Wildman–Crippen MR) is 57.1 cm³/mol. The molecule has 0 unspecified atom stereocenters. The van der Waals surface area contributed by atoms with Crippen LogP contribution in [0.4, 0.5) is 0 Å². The number of hydrogen-bond donors (Lipinski definition) is 0. The van der Waals surface area contributed by atoms with E-state index in [1.807, 2.05) is 19.1 Å². The van der Waals surface area contributed by atoms with Gasteiger partial charge in [0.2, 0.25) is 0 Å². The lowest BCUT2D eigenvalue weighted by Crippen LogP contribution is -1.91. The van der Waals surface area contributed by atoms with E-state index in [0.717, 1.165) is 6.42 Å². The van der Waals surface area contributed by atoms with Crippen molar-refractivity contribution in [2.75, 3.05) is 0 Å². The van der Waals surface area contributed by atoms with Gasteiger partial charge in [-0.3, -0.25) is 0 Å². The van der Waals surface area contributed by atoms with Crippen LogP contribution in [0.3, 0.4) is 0 Å². The highest BCUT2D eigenvalue weighted by molar-refractivity contribution is 5.20. The highest BCUT2D eigenvalue weighted by Crippen LogP contribution is 2.14. The molecule has 0 nitrogen and oxygen atoms in total. The largest absolute Gasteiger partial charge is 0.102 e. The van der Waals surface area contributed by atoms with Gasteiger partial charge in [-0.05, 0) is 26.2 Å². The number of rotatable bonds is 5. The van der Waals surface area contributed by atoms with E-state index < -0.39 is 0 Å². The maximum Gasteiger partial charge on any atom is -0.00185 e. The van der Waals surface area contributed by atoms with Crippen LogP contribution in [-0.2, 0) is 0 Å². The van der Waals surface area contributed by atoms with Gasteiger partial charge >= 0.3 is 0 Å². The summed E-state index contributed by atoms with van der Waals surface area (Å²) in [5.74, 6) is 0.396. The summed E-state index contributed by atoms with van der Waals surface area (Å²) in [5, 5.41) is 0. The first-order chi connectivity index (χ1) is 5.78. The smallest absolute Gasteiger partial charge is 0.00185 e. The third-order valence-corrected chi connectivity index (χ3v) is 1.83. The van der Waals surface area contributed by atoms with Crippen molar-refractivity contribution in [3.05, 3.63) is 49.1 Å². The Balaban J connectivity index is 4.19. The zero-order chi connectivity index (χ0) is 9.40. The van der Waals surface area contributed by atoms with Gasteiger partial charge in [0.05, 0.1) is 0 Å². The van der Waals surface area contributed by atoms with Crippen molar-refractivity contribution in [1.82, 2.24) is 0 Å². The molecule has 0 aromatic carbocycles. The average molecular weight is 162 g/mol. The molecule has 0 rings (SSSR count). The van der Waals surface area contributed by atoms with Crippen molar-refractivity contribution >= 4 is 0 Å². The molecule has 0 saturated carbocycles. The van der Waals surface area contributed by atoms with Gasteiger partial charge in [-0.1, -0.05) is 36.0 Å². The normalized spacial score (nSPS) is 12.4. The van der Waals surface area contributed by atoms with Crippen LogP contribution in [-0.4, -0.2) is 0 Å². The second kappa shape index (κ2) is 6.66. The summed E-state index contributed by atoms with van der Waals surface area (Å²) in [6.45, 7) is 11.6. The van der Waals surface area contributed by atoms with Crippen molar-refractivity contribution in [2.24, 2.45) is 5.92 Å². The topological polar surface area (TPSA) is 0 Å². The molecule has 0 aliphatic carbocycles. The fourth-order valence-corrected chi connectivity index (χ4v) is 1.03. The molecule has 0 heteroatoms. The first kappa shape index (κ1) is 11.0. The lowest BCUT2D eigenvalue weighted by molar-refractivity contribution is 0.811. The van der Waals surface area contributed by atoms with Crippen molar-refractivity contribution in [1.29, 1.82) is 0 Å². The lowest BCUT2D eigenvalue weighted by atomic mass is 9.99. The molecule has 66 valence electrons. The van der Waals surface area contributed by atoms with Gasteiger partial charge in [0, 0.05) is 0 Å². The van der Waals surface area contributed by atoms with E-state index in [-0.39, 0.29) is 0 Å². The summed E-state index contributed by atoms with van der Waals surface area (Å²) in [5.41, 5.74) is 1.34. The predicted octanol–water partition coefficient (Wildman–Crippen LogP) is 3.89. The minimum absolute atomic E-state index is 0.396. The molecular formula is C12H18. The Morgan fingerprint density at radius 3 is 2.17 bits per heavy atom.